The Balaban J connectivity index is 0.000000182. The Morgan fingerprint density at radius 3 is 0.596 bits per heavy atom. The first kappa shape index (κ1) is 103. The summed E-state index contributed by atoms with van der Waals surface area (Å²) < 4.78 is 20.6. The van der Waals surface area contributed by atoms with Crippen LogP contribution in [0.3, 0.4) is 0 Å². The highest BCUT2D eigenvalue weighted by atomic mass is 16.4. The van der Waals surface area contributed by atoms with Crippen molar-refractivity contribution in [2.75, 3.05) is 0 Å². The van der Waals surface area contributed by atoms with Gasteiger partial charge in [-0.3, -0.25) is 19.2 Å². The van der Waals surface area contributed by atoms with Gasteiger partial charge in [-0.05, 0) is 192 Å². The van der Waals surface area contributed by atoms with Crippen LogP contribution < -0.4 is 22.5 Å². The quantitative estimate of drug-likeness (QED) is 0.105. The first-order valence-electron chi connectivity index (χ1n) is 43.1. The third kappa shape index (κ3) is 26.4. The van der Waals surface area contributed by atoms with Gasteiger partial charge in [-0.1, -0.05) is 376 Å². The second kappa shape index (κ2) is 50.6. The molecule has 16 aromatic rings. The number of hydrogen-bond donors (Lipinski definition) is 0. The lowest BCUT2D eigenvalue weighted by atomic mass is 9.91. The normalized spacial score (nSPS) is 12.3. The average molecular weight is 1770 g/mol. The first-order chi connectivity index (χ1) is 64.2. The Labute approximate surface area is 801 Å². The van der Waals surface area contributed by atoms with Crippen LogP contribution in [-0.2, 0) is 19.2 Å². The van der Waals surface area contributed by atoms with Crippen LogP contribution in [0.4, 0.5) is 0 Å². The highest BCUT2D eigenvalue weighted by molar-refractivity contribution is 6.53. The Morgan fingerprint density at radius 2 is 0.404 bits per heavy atom. The minimum Gasteiger partial charge on any atom is -0.431 e. The molecule has 16 heteroatoms. The second-order valence-corrected chi connectivity index (χ2v) is 31.3. The molecule has 660 valence electrons. The molecule has 0 aliphatic heterocycles. The van der Waals surface area contributed by atoms with Crippen LogP contribution >= 0.6 is 0 Å². The van der Waals surface area contributed by atoms with E-state index in [-0.39, 0.29) is 79.3 Å². The van der Waals surface area contributed by atoms with Crippen molar-refractivity contribution in [2.45, 2.75) is 55.4 Å². The molecule has 0 atom stereocenters. The summed E-state index contributed by atoms with van der Waals surface area (Å²) in [5.74, 6) is 1.67. The number of allylic oxidation sites excluding steroid dienone is 16. The molecule has 12 nitrogen and oxygen atoms in total. The van der Waals surface area contributed by atoms with E-state index < -0.39 is 0 Å². The molecule has 0 spiro atoms. The molecule has 0 amide bonds. The van der Waals surface area contributed by atoms with Gasteiger partial charge in [0.15, 0.2) is 23.1 Å². The lowest BCUT2D eigenvalue weighted by Crippen LogP contribution is -2.08. The summed E-state index contributed by atoms with van der Waals surface area (Å²) in [6.45, 7) is 15.7. The molecule has 0 bridgehead atoms. The maximum absolute atomic E-state index is 13.4. The molecule has 0 saturated carbocycles. The maximum atomic E-state index is 13.4. The number of ketones is 4. The van der Waals surface area contributed by atoms with Crippen LogP contribution in [0.2, 0.25) is 0 Å². The monoisotopic (exact) mass is 1770 g/mol. The van der Waals surface area contributed by atoms with E-state index in [2.05, 4.69) is 46.9 Å². The van der Waals surface area contributed by atoms with Gasteiger partial charge in [0.2, 0.25) is 0 Å². The van der Waals surface area contributed by atoms with Gasteiger partial charge in [0.25, 0.3) is 0 Å². The lowest BCUT2D eigenvalue weighted by molar-refractivity contribution is -0.111. The highest BCUT2D eigenvalue weighted by Crippen LogP contribution is 2.47. The SMILES string of the molecule is CC1=C(c2ccccc2)C(=O)C(c2ccccc2)=C1c1ccccc1.CC1=C(c2ccccc2)C(=O)C(c2ccccc2)=C1c1ccccc1.CC1=CC(=O)C=C1.CC1=CC(=O)C=C1.Cc1c(-c2ccccc2)oc(=O)c(-c2ccccc2)c1-c1ccccc1.Cc1c(-c2ccccc2)oc(=O)c(-c2ccccc2)c1-c1ccccc1.Cc1ccc(=O)oc1.Cc1ccc(=O)oc1.[B].[B].[B].[B]. The number of rotatable bonds is 12. The van der Waals surface area contributed by atoms with Crippen molar-refractivity contribution in [1.82, 2.24) is 0 Å². The van der Waals surface area contributed by atoms with E-state index in [4.69, 9.17) is 8.83 Å². The molecule has 20 rings (SSSR count). The van der Waals surface area contributed by atoms with Crippen molar-refractivity contribution in [3.05, 3.63) is 557 Å². The molecule has 4 aliphatic rings. The number of Topliss-reactive ketones (excluding diaryl/α,β-unsaturated/α-hetero) is 2. The summed E-state index contributed by atoms with van der Waals surface area (Å²) in [6, 6.07) is 125. The Hall–Kier alpha value is -16.7. The molecular formula is C120H96B4O12. The molecule has 4 heterocycles. The summed E-state index contributed by atoms with van der Waals surface area (Å²) in [5, 5.41) is 0. The van der Waals surface area contributed by atoms with Crippen molar-refractivity contribution in [1.29, 1.82) is 0 Å². The highest BCUT2D eigenvalue weighted by Gasteiger charge is 2.34. The molecule has 4 aromatic heterocycles. The maximum Gasteiger partial charge on any atom is 0.344 e. The van der Waals surface area contributed by atoms with E-state index in [9.17, 15) is 38.4 Å². The van der Waals surface area contributed by atoms with E-state index in [1.165, 1.54) is 24.7 Å². The average Bonchev–Trinajstić information content (AvgIpc) is 1.66. The Bertz CT molecular complexity index is 6810. The summed E-state index contributed by atoms with van der Waals surface area (Å²) in [6.07, 6.45) is 12.8. The number of benzene rings is 12. The molecule has 4 aliphatic carbocycles. The Morgan fingerprint density at radius 1 is 0.199 bits per heavy atom. The lowest BCUT2D eigenvalue weighted by Gasteiger charge is -2.15. The molecule has 0 fully saturated rings. The number of aryl methyl sites for hydroxylation is 2. The largest absolute Gasteiger partial charge is 0.431 e. The third-order valence-electron chi connectivity index (χ3n) is 21.8. The van der Waals surface area contributed by atoms with Crippen molar-refractivity contribution in [3.63, 3.8) is 0 Å². The van der Waals surface area contributed by atoms with Crippen molar-refractivity contribution < 1.29 is 36.8 Å². The summed E-state index contributed by atoms with van der Waals surface area (Å²) in [5.41, 5.74) is 26.7. The van der Waals surface area contributed by atoms with Crippen LogP contribution in [0.25, 0.3) is 101 Å². The third-order valence-corrected chi connectivity index (χ3v) is 21.8. The molecule has 136 heavy (non-hydrogen) atoms. The standard InChI is InChI=1S/2C24H18O2.2C24H18O.2C6H6O2.2C6H6O.4B/c2*1-17-21(18-11-5-2-6-12-18)22(19-13-7-3-8-14-19)24(25)26-23(17)20-15-9-4-10-16-20;2*1-17-21(18-11-5-2-6-12-18)23(20-15-9-4-10-16-20)24(25)22(17)19-13-7-3-8-14-19;2*1-5-2-3-6(7)8-4-5;2*1-5-2-3-6(7)4-5;;;;/h2*2-16H,1H3;2*2-16H,1H3;2*2-4H,1H3;2*2-4H,1H3;;;;. The predicted octanol–water partition coefficient (Wildman–Crippen LogP) is 25.7. The minimum atomic E-state index is -0.320. The summed E-state index contributed by atoms with van der Waals surface area (Å²) in [7, 11) is 0. The van der Waals surface area contributed by atoms with Crippen molar-refractivity contribution in [3.8, 4) is 67.2 Å². The molecule has 0 N–H and O–H groups in total. The topological polar surface area (TPSA) is 189 Å². The number of hydrogen-bond acceptors (Lipinski definition) is 12. The zero-order valence-electron chi connectivity index (χ0n) is 76.8. The van der Waals surface area contributed by atoms with Gasteiger partial charge in [0, 0.05) is 101 Å². The number of carbonyl (C=O) groups excluding carboxylic acids is 4. The fourth-order valence-electron chi connectivity index (χ4n) is 15.6. The van der Waals surface area contributed by atoms with Gasteiger partial charge in [-0.25, -0.2) is 19.2 Å². The van der Waals surface area contributed by atoms with Gasteiger partial charge in [0.1, 0.15) is 11.5 Å². The van der Waals surface area contributed by atoms with E-state index in [0.29, 0.717) is 22.6 Å². The van der Waals surface area contributed by atoms with Gasteiger partial charge < -0.3 is 17.7 Å². The van der Waals surface area contributed by atoms with Crippen LogP contribution in [0.5, 0.6) is 0 Å². The van der Waals surface area contributed by atoms with E-state index >= 15 is 0 Å². The molecular weight excluding hydrogens is 1680 g/mol. The van der Waals surface area contributed by atoms with Crippen LogP contribution in [-0.4, -0.2) is 56.8 Å². The number of carbonyl (C=O) groups is 4. The fourth-order valence-corrected chi connectivity index (χ4v) is 15.6. The zero-order valence-corrected chi connectivity index (χ0v) is 76.8. The van der Waals surface area contributed by atoms with Crippen LogP contribution in [0.15, 0.2) is 496 Å². The second-order valence-electron chi connectivity index (χ2n) is 31.3. The van der Waals surface area contributed by atoms with Crippen molar-refractivity contribution >= 4 is 90.2 Å². The van der Waals surface area contributed by atoms with Crippen LogP contribution in [0.1, 0.15) is 83.3 Å². The fraction of sp³-hybridized carbons (Fsp3) is 0.0667. The van der Waals surface area contributed by atoms with Crippen LogP contribution in [0, 0.1) is 27.7 Å². The van der Waals surface area contributed by atoms with E-state index in [1.807, 2.05) is 393 Å². The van der Waals surface area contributed by atoms with Crippen molar-refractivity contribution in [2.24, 2.45) is 0 Å². The first-order valence-corrected chi connectivity index (χ1v) is 43.1. The van der Waals surface area contributed by atoms with Gasteiger partial charge in [-0.2, -0.15) is 0 Å². The van der Waals surface area contributed by atoms with Gasteiger partial charge in [-0.15, -0.1) is 0 Å². The summed E-state index contributed by atoms with van der Waals surface area (Å²) in [4.78, 5) is 93.8. The molecule has 12 aromatic carbocycles. The Kier molecular flexibility index (Phi) is 38.4. The summed E-state index contributed by atoms with van der Waals surface area (Å²) >= 11 is 0. The van der Waals surface area contributed by atoms with Gasteiger partial charge >= 0.3 is 22.5 Å². The van der Waals surface area contributed by atoms with Gasteiger partial charge in [0.05, 0.1) is 23.7 Å². The molecule has 0 unspecified atom stereocenters. The molecule has 12 radical (unpaired) electrons. The zero-order chi connectivity index (χ0) is 92.8. The van der Waals surface area contributed by atoms with E-state index in [0.717, 1.165) is 156 Å². The predicted molar refractivity (Wildman–Crippen MR) is 558 cm³/mol. The van der Waals surface area contributed by atoms with E-state index in [1.54, 1.807) is 36.4 Å². The minimum absolute atomic E-state index is 0. The molecule has 0 saturated heterocycles. The smallest absolute Gasteiger partial charge is 0.344 e.